The molecule has 0 amide bonds. The average molecular weight is 296 g/mol. The summed E-state index contributed by atoms with van der Waals surface area (Å²) in [6.07, 6.45) is 4.24. The van der Waals surface area contributed by atoms with E-state index in [0.717, 1.165) is 13.0 Å². The summed E-state index contributed by atoms with van der Waals surface area (Å²) >= 11 is 0. The third-order valence-corrected chi connectivity index (χ3v) is 3.61. The van der Waals surface area contributed by atoms with Crippen LogP contribution >= 0.6 is 0 Å². The number of nitrogens with one attached hydrogen (secondary N) is 1. The van der Waals surface area contributed by atoms with Crippen molar-refractivity contribution >= 4 is 21.4 Å². The molecular formula is C11H16N6O2S. The number of nitrogens with zero attached hydrogens (tertiary/aromatic N) is 3. The van der Waals surface area contributed by atoms with Crippen LogP contribution in [0.3, 0.4) is 0 Å². The molecule has 9 heteroatoms. The highest BCUT2D eigenvalue weighted by Crippen LogP contribution is 2.21. The summed E-state index contributed by atoms with van der Waals surface area (Å²) in [6, 6.07) is 4.37. The van der Waals surface area contributed by atoms with E-state index in [-0.39, 0.29) is 4.90 Å². The van der Waals surface area contributed by atoms with E-state index in [9.17, 15) is 8.42 Å². The van der Waals surface area contributed by atoms with Crippen molar-refractivity contribution < 1.29 is 8.42 Å². The molecule has 5 N–H and O–H groups in total. The van der Waals surface area contributed by atoms with E-state index < -0.39 is 10.0 Å². The molecule has 8 nitrogen and oxygen atoms in total. The van der Waals surface area contributed by atoms with Crippen LogP contribution in [0.15, 0.2) is 35.5 Å². The van der Waals surface area contributed by atoms with Gasteiger partial charge >= 0.3 is 0 Å². The van der Waals surface area contributed by atoms with Crippen LogP contribution in [0.1, 0.15) is 6.42 Å². The monoisotopic (exact) mass is 296 g/mol. The molecule has 0 unspecified atom stereocenters. The van der Waals surface area contributed by atoms with Crippen molar-refractivity contribution in [2.45, 2.75) is 17.9 Å². The summed E-state index contributed by atoms with van der Waals surface area (Å²) in [4.78, 5) is 0.00293. The molecule has 108 valence electrons. The van der Waals surface area contributed by atoms with Gasteiger partial charge < -0.3 is 11.1 Å². The number of benzene rings is 1. The van der Waals surface area contributed by atoms with Crippen LogP contribution in [0.4, 0.5) is 11.4 Å². The molecule has 0 radical (unpaired) electrons. The van der Waals surface area contributed by atoms with Gasteiger partial charge in [0.15, 0.2) is 0 Å². The maximum absolute atomic E-state index is 11.2. The zero-order chi connectivity index (χ0) is 14.6. The van der Waals surface area contributed by atoms with Crippen LogP contribution in [0.2, 0.25) is 0 Å². The molecule has 0 atom stereocenters. The fraction of sp³-hybridized carbons (Fsp3) is 0.273. The van der Waals surface area contributed by atoms with Gasteiger partial charge in [-0.25, -0.2) is 13.6 Å². The molecule has 0 aliphatic rings. The van der Waals surface area contributed by atoms with Gasteiger partial charge in [-0.05, 0) is 24.6 Å². The fourth-order valence-corrected chi connectivity index (χ4v) is 2.24. The third-order valence-electron chi connectivity index (χ3n) is 2.70. The van der Waals surface area contributed by atoms with Gasteiger partial charge in [0.25, 0.3) is 0 Å². The molecule has 0 bridgehead atoms. The van der Waals surface area contributed by atoms with Gasteiger partial charge in [-0.1, -0.05) is 5.21 Å². The molecule has 0 fully saturated rings. The minimum atomic E-state index is -3.72. The third kappa shape index (κ3) is 3.68. The molecule has 0 aliphatic heterocycles. The molecule has 20 heavy (non-hydrogen) atoms. The Morgan fingerprint density at radius 3 is 2.75 bits per heavy atom. The Balaban J connectivity index is 1.90. The van der Waals surface area contributed by atoms with Crippen LogP contribution in [-0.2, 0) is 16.6 Å². The molecule has 0 aliphatic carbocycles. The van der Waals surface area contributed by atoms with E-state index in [1.807, 2.05) is 0 Å². The lowest BCUT2D eigenvalue weighted by molar-refractivity contribution is 0.570. The number of nitrogens with two attached hydrogens (primary N) is 2. The number of sulfonamides is 1. The summed E-state index contributed by atoms with van der Waals surface area (Å²) < 4.78 is 24.1. The molecule has 0 spiro atoms. The zero-order valence-electron chi connectivity index (χ0n) is 10.7. The number of rotatable bonds is 6. The van der Waals surface area contributed by atoms with Gasteiger partial charge in [0.05, 0.1) is 22.5 Å². The Morgan fingerprint density at radius 2 is 2.15 bits per heavy atom. The van der Waals surface area contributed by atoms with Crippen molar-refractivity contribution in [3.8, 4) is 0 Å². The minimum Gasteiger partial charge on any atom is -0.397 e. The van der Waals surface area contributed by atoms with Crippen molar-refractivity contribution in [2.75, 3.05) is 17.6 Å². The molecule has 2 rings (SSSR count). The Labute approximate surface area is 116 Å². The Hall–Kier alpha value is -2.13. The van der Waals surface area contributed by atoms with Gasteiger partial charge in [0.1, 0.15) is 0 Å². The first-order valence-corrected chi connectivity index (χ1v) is 7.52. The van der Waals surface area contributed by atoms with Gasteiger partial charge in [-0.2, -0.15) is 0 Å². The number of nitrogen functional groups attached to an aromatic ring is 1. The van der Waals surface area contributed by atoms with Gasteiger partial charge in [0.2, 0.25) is 10.0 Å². The molecule has 1 aromatic carbocycles. The maximum Gasteiger partial charge on any atom is 0.238 e. The summed E-state index contributed by atoms with van der Waals surface area (Å²) in [5.41, 5.74) is 6.81. The number of hydrogen-bond donors (Lipinski definition) is 3. The highest BCUT2D eigenvalue weighted by Gasteiger charge is 2.09. The highest BCUT2D eigenvalue weighted by molar-refractivity contribution is 7.89. The standard InChI is InChI=1S/C11H16N6O2S/c12-10-8-9(20(13,18)19)2-3-11(10)14-4-1-6-17-7-5-15-16-17/h2-3,5,7-8,14H,1,4,6,12H2,(H2,13,18,19). The molecule has 1 heterocycles. The smallest absolute Gasteiger partial charge is 0.238 e. The van der Waals surface area contributed by atoms with Crippen LogP contribution in [0, 0.1) is 0 Å². The highest BCUT2D eigenvalue weighted by atomic mass is 32.2. The number of hydrogen-bond acceptors (Lipinski definition) is 6. The lowest BCUT2D eigenvalue weighted by Crippen LogP contribution is -2.13. The first kappa shape index (κ1) is 14.3. The molecule has 0 saturated heterocycles. The second kappa shape index (κ2) is 5.88. The number of primary sulfonamides is 1. The van der Waals surface area contributed by atoms with Gasteiger partial charge in [-0.15, -0.1) is 5.10 Å². The van der Waals surface area contributed by atoms with Crippen molar-refractivity contribution in [3.63, 3.8) is 0 Å². The largest absolute Gasteiger partial charge is 0.397 e. The van der Waals surface area contributed by atoms with Crippen LogP contribution in [0.25, 0.3) is 0 Å². The lowest BCUT2D eigenvalue weighted by atomic mass is 10.2. The predicted molar refractivity (Wildman–Crippen MR) is 75.4 cm³/mol. The predicted octanol–water partition coefficient (Wildman–Crippen LogP) is 0.00990. The number of anilines is 2. The van der Waals surface area contributed by atoms with Gasteiger partial charge in [0, 0.05) is 19.3 Å². The summed E-state index contributed by atoms with van der Waals surface area (Å²) in [5.74, 6) is 0. The van der Waals surface area contributed by atoms with Gasteiger partial charge in [-0.3, -0.25) is 4.68 Å². The molecule has 2 aromatic rings. The van der Waals surface area contributed by atoms with E-state index in [0.29, 0.717) is 17.9 Å². The first-order valence-electron chi connectivity index (χ1n) is 5.97. The van der Waals surface area contributed by atoms with Crippen molar-refractivity contribution in [3.05, 3.63) is 30.6 Å². The SMILES string of the molecule is Nc1cc(S(N)(=O)=O)ccc1NCCCn1ccnn1. The van der Waals surface area contributed by atoms with Crippen LogP contribution in [-0.4, -0.2) is 30.0 Å². The van der Waals surface area contributed by atoms with Crippen LogP contribution < -0.4 is 16.2 Å². The van der Waals surface area contributed by atoms with E-state index in [1.54, 1.807) is 23.1 Å². The first-order chi connectivity index (χ1) is 9.47. The zero-order valence-corrected chi connectivity index (χ0v) is 11.5. The Bertz CT molecular complexity index is 668. The quantitative estimate of drug-likeness (QED) is 0.508. The Morgan fingerprint density at radius 1 is 1.35 bits per heavy atom. The van der Waals surface area contributed by atoms with Crippen molar-refractivity contribution in [1.82, 2.24) is 15.0 Å². The topological polar surface area (TPSA) is 129 Å². The summed E-state index contributed by atoms with van der Waals surface area (Å²) in [7, 11) is -3.72. The number of aryl methyl sites for hydroxylation is 1. The second-order valence-corrected chi connectivity index (χ2v) is 5.80. The average Bonchev–Trinajstić information content (AvgIpc) is 2.88. The molecule has 0 saturated carbocycles. The van der Waals surface area contributed by atoms with E-state index in [1.165, 1.54) is 12.1 Å². The lowest BCUT2D eigenvalue weighted by Gasteiger charge is -2.10. The maximum atomic E-state index is 11.2. The normalized spacial score (nSPS) is 11.4. The molecule has 1 aromatic heterocycles. The summed E-state index contributed by atoms with van der Waals surface area (Å²) in [5, 5.41) is 15.7. The van der Waals surface area contributed by atoms with E-state index >= 15 is 0 Å². The van der Waals surface area contributed by atoms with E-state index in [4.69, 9.17) is 10.9 Å². The molecular weight excluding hydrogens is 280 g/mol. The van der Waals surface area contributed by atoms with E-state index in [2.05, 4.69) is 15.6 Å². The van der Waals surface area contributed by atoms with Crippen molar-refractivity contribution in [2.24, 2.45) is 5.14 Å². The Kier molecular flexibility index (Phi) is 4.20. The van der Waals surface area contributed by atoms with Crippen molar-refractivity contribution in [1.29, 1.82) is 0 Å². The fourth-order valence-electron chi connectivity index (χ4n) is 1.69. The second-order valence-electron chi connectivity index (χ2n) is 4.24. The minimum absolute atomic E-state index is 0.00293. The summed E-state index contributed by atoms with van der Waals surface area (Å²) in [6.45, 7) is 1.42. The van der Waals surface area contributed by atoms with Crippen LogP contribution in [0.5, 0.6) is 0 Å². The number of aromatic nitrogens is 3.